The molecule has 1 amide bonds. The van der Waals surface area contributed by atoms with Crippen LogP contribution >= 0.6 is 0 Å². The van der Waals surface area contributed by atoms with Gasteiger partial charge in [-0.15, -0.1) is 0 Å². The van der Waals surface area contributed by atoms with Gasteiger partial charge in [0.25, 0.3) is 5.91 Å². The second-order valence-corrected chi connectivity index (χ2v) is 9.83. The molecule has 5 aromatic rings. The number of hydrogen-bond donors (Lipinski definition) is 6. The van der Waals surface area contributed by atoms with Crippen molar-refractivity contribution in [1.82, 2.24) is 20.3 Å². The number of ether oxygens (including phenoxy) is 1. The van der Waals surface area contributed by atoms with Gasteiger partial charge in [0.2, 0.25) is 17.8 Å². The summed E-state index contributed by atoms with van der Waals surface area (Å²) in [6.45, 7) is 4.39. The smallest absolute Gasteiger partial charge is 0.251 e. The number of aromatic hydroxyl groups is 1. The van der Waals surface area contributed by atoms with Gasteiger partial charge in [-0.1, -0.05) is 66.2 Å². The highest BCUT2D eigenvalue weighted by Crippen LogP contribution is 2.21. The first-order valence-electron chi connectivity index (χ1n) is 14.5. The first-order chi connectivity index (χ1) is 22.0. The Morgan fingerprint density at radius 3 is 1.84 bits per heavy atom. The molecule has 1 aromatic heterocycles. The average Bonchev–Trinajstić information content (AvgIpc) is 3.06. The molecule has 0 radical (unpaired) electrons. The topological polar surface area (TPSA) is 159 Å². The Morgan fingerprint density at radius 2 is 1.29 bits per heavy atom. The zero-order chi connectivity index (χ0) is 31.7. The SMILES string of the molecule is Cc1ccccc1.NCCOCCNc1nc(Nc2ccc(O)cc2)nc(Nc2ccc(C(=O)NCc3ccccc3)cc2)n1. The van der Waals surface area contributed by atoms with Gasteiger partial charge in [-0.3, -0.25) is 4.79 Å². The number of phenols is 1. The van der Waals surface area contributed by atoms with Gasteiger partial charge in [0.1, 0.15) is 5.75 Å². The van der Waals surface area contributed by atoms with Crippen molar-refractivity contribution in [3.8, 4) is 5.75 Å². The number of phenolic OH excluding ortho intramolecular Hbond substituents is 1. The standard InChI is InChI=1S/C27H30N8O3.C7H8/c28-14-16-38-17-15-29-25-33-26(35-27(34-25)32-22-10-12-23(36)13-11-22)31-21-8-6-20(7-9-21)24(37)30-18-19-4-2-1-3-5-19;1-7-5-3-2-4-6-7/h1-13,36H,14-18,28H2,(H,30,37)(H3,29,31,32,33,34,35);2-6H,1H3. The number of aryl methyl sites for hydroxylation is 1. The number of carbonyl (C=O) groups is 1. The van der Waals surface area contributed by atoms with Gasteiger partial charge in [-0.2, -0.15) is 15.0 Å². The van der Waals surface area contributed by atoms with E-state index in [2.05, 4.69) is 55.3 Å². The zero-order valence-electron chi connectivity index (χ0n) is 25.1. The summed E-state index contributed by atoms with van der Waals surface area (Å²) in [6.07, 6.45) is 0. The monoisotopic (exact) mass is 606 g/mol. The first kappa shape index (κ1) is 32.4. The second kappa shape index (κ2) is 17.6. The zero-order valence-corrected chi connectivity index (χ0v) is 25.1. The van der Waals surface area contributed by atoms with E-state index in [0.29, 0.717) is 67.6 Å². The van der Waals surface area contributed by atoms with Crippen LogP contribution in [-0.4, -0.2) is 52.3 Å². The lowest BCUT2D eigenvalue weighted by molar-refractivity contribution is 0.0951. The lowest BCUT2D eigenvalue weighted by atomic mass is 10.2. The molecule has 0 saturated heterocycles. The van der Waals surface area contributed by atoms with E-state index in [1.807, 2.05) is 48.5 Å². The number of amides is 1. The van der Waals surface area contributed by atoms with Crippen LogP contribution in [0, 0.1) is 6.92 Å². The molecule has 0 spiro atoms. The molecule has 0 aliphatic heterocycles. The highest BCUT2D eigenvalue weighted by molar-refractivity contribution is 5.94. The molecule has 5 rings (SSSR count). The number of rotatable bonds is 13. The molecular formula is C34H38N8O3. The summed E-state index contributed by atoms with van der Waals surface area (Å²) < 4.78 is 5.39. The molecule has 0 bridgehead atoms. The number of carbonyl (C=O) groups excluding carboxylic acids is 1. The third kappa shape index (κ3) is 11.6. The molecule has 0 aliphatic carbocycles. The Bertz CT molecular complexity index is 1590. The molecule has 232 valence electrons. The Morgan fingerprint density at radius 1 is 0.733 bits per heavy atom. The van der Waals surface area contributed by atoms with Gasteiger partial charge in [-0.05, 0) is 61.0 Å². The lowest BCUT2D eigenvalue weighted by Crippen LogP contribution is -2.22. The van der Waals surface area contributed by atoms with Crippen LogP contribution in [0.2, 0.25) is 0 Å². The van der Waals surface area contributed by atoms with Crippen molar-refractivity contribution in [2.75, 3.05) is 42.3 Å². The van der Waals surface area contributed by atoms with Crippen LogP contribution in [0.1, 0.15) is 21.5 Å². The number of hydrogen-bond acceptors (Lipinski definition) is 10. The summed E-state index contributed by atoms with van der Waals surface area (Å²) in [5.74, 6) is 0.940. The van der Waals surface area contributed by atoms with Crippen LogP contribution in [-0.2, 0) is 11.3 Å². The number of nitrogens with one attached hydrogen (secondary N) is 4. The van der Waals surface area contributed by atoms with E-state index in [0.717, 1.165) is 5.56 Å². The summed E-state index contributed by atoms with van der Waals surface area (Å²) >= 11 is 0. The molecule has 4 aromatic carbocycles. The van der Waals surface area contributed by atoms with Crippen molar-refractivity contribution in [2.45, 2.75) is 13.5 Å². The Labute approximate surface area is 262 Å². The molecule has 0 atom stereocenters. The predicted molar refractivity (Wildman–Crippen MR) is 178 cm³/mol. The molecule has 0 aliphatic rings. The highest BCUT2D eigenvalue weighted by atomic mass is 16.5. The van der Waals surface area contributed by atoms with Crippen molar-refractivity contribution < 1.29 is 14.6 Å². The minimum atomic E-state index is -0.163. The minimum Gasteiger partial charge on any atom is -0.508 e. The first-order valence-corrected chi connectivity index (χ1v) is 14.5. The van der Waals surface area contributed by atoms with Crippen LogP contribution in [0.4, 0.5) is 29.2 Å². The minimum absolute atomic E-state index is 0.158. The fourth-order valence-corrected chi connectivity index (χ4v) is 3.91. The summed E-state index contributed by atoms with van der Waals surface area (Å²) in [4.78, 5) is 25.8. The van der Waals surface area contributed by atoms with Crippen LogP contribution in [0.5, 0.6) is 5.75 Å². The van der Waals surface area contributed by atoms with Gasteiger partial charge in [0.05, 0.1) is 13.2 Å². The third-order valence-corrected chi connectivity index (χ3v) is 6.19. The van der Waals surface area contributed by atoms with E-state index in [4.69, 9.17) is 10.5 Å². The maximum absolute atomic E-state index is 12.5. The van der Waals surface area contributed by atoms with E-state index < -0.39 is 0 Å². The van der Waals surface area contributed by atoms with Gasteiger partial charge < -0.3 is 36.8 Å². The summed E-state index contributed by atoms with van der Waals surface area (Å²) in [5, 5.41) is 21.8. The van der Waals surface area contributed by atoms with Crippen molar-refractivity contribution in [1.29, 1.82) is 0 Å². The number of benzene rings is 4. The van der Waals surface area contributed by atoms with E-state index in [-0.39, 0.29) is 11.7 Å². The van der Waals surface area contributed by atoms with Crippen LogP contribution in [0.25, 0.3) is 0 Å². The number of anilines is 5. The van der Waals surface area contributed by atoms with Gasteiger partial charge >= 0.3 is 0 Å². The molecule has 0 fully saturated rings. The summed E-state index contributed by atoms with van der Waals surface area (Å²) in [7, 11) is 0. The van der Waals surface area contributed by atoms with E-state index in [1.54, 1.807) is 48.5 Å². The number of nitrogens with zero attached hydrogens (tertiary/aromatic N) is 3. The van der Waals surface area contributed by atoms with Gasteiger partial charge in [-0.25, -0.2) is 0 Å². The van der Waals surface area contributed by atoms with Gasteiger partial charge in [0.15, 0.2) is 0 Å². The molecule has 11 heteroatoms. The third-order valence-electron chi connectivity index (χ3n) is 6.19. The summed E-state index contributed by atoms with van der Waals surface area (Å²) in [5.41, 5.74) is 9.73. The van der Waals surface area contributed by atoms with Crippen LogP contribution < -0.4 is 27.0 Å². The lowest BCUT2D eigenvalue weighted by Gasteiger charge is -2.12. The maximum Gasteiger partial charge on any atom is 0.251 e. The highest BCUT2D eigenvalue weighted by Gasteiger charge is 2.10. The average molecular weight is 607 g/mol. The largest absolute Gasteiger partial charge is 0.508 e. The second-order valence-electron chi connectivity index (χ2n) is 9.83. The molecule has 0 saturated carbocycles. The van der Waals surface area contributed by atoms with E-state index in [9.17, 15) is 9.90 Å². The van der Waals surface area contributed by atoms with Crippen molar-refractivity contribution in [3.63, 3.8) is 0 Å². The Kier molecular flexibility index (Phi) is 12.6. The molecule has 45 heavy (non-hydrogen) atoms. The molecular weight excluding hydrogens is 568 g/mol. The Balaban J connectivity index is 0.000000580. The van der Waals surface area contributed by atoms with E-state index in [1.165, 1.54) is 5.56 Å². The normalized spacial score (nSPS) is 10.3. The van der Waals surface area contributed by atoms with Crippen molar-refractivity contribution in [3.05, 3.63) is 126 Å². The van der Waals surface area contributed by atoms with Crippen molar-refractivity contribution >= 4 is 35.1 Å². The fraction of sp³-hybridized carbons (Fsp3) is 0.176. The Hall–Kier alpha value is -5.52. The quantitative estimate of drug-likeness (QED) is 0.0759. The van der Waals surface area contributed by atoms with Crippen LogP contribution in [0.3, 0.4) is 0 Å². The summed E-state index contributed by atoms with van der Waals surface area (Å²) in [6, 6.07) is 33.6. The fourth-order valence-electron chi connectivity index (χ4n) is 3.91. The maximum atomic E-state index is 12.5. The van der Waals surface area contributed by atoms with E-state index >= 15 is 0 Å². The molecule has 1 heterocycles. The molecule has 0 unspecified atom stereocenters. The predicted octanol–water partition coefficient (Wildman–Crippen LogP) is 5.38. The van der Waals surface area contributed by atoms with Crippen LogP contribution in [0.15, 0.2) is 109 Å². The number of nitrogens with two attached hydrogens (primary N) is 1. The molecule has 11 nitrogen and oxygen atoms in total. The van der Waals surface area contributed by atoms with Gasteiger partial charge in [0, 0.05) is 36.6 Å². The van der Waals surface area contributed by atoms with Crippen molar-refractivity contribution in [2.24, 2.45) is 5.73 Å². The number of aromatic nitrogens is 3. The molecule has 7 N–H and O–H groups in total.